The zero-order valence-corrected chi connectivity index (χ0v) is 17.5. The molecule has 0 fully saturated rings. The lowest BCUT2D eigenvalue weighted by Crippen LogP contribution is -2.16. The van der Waals surface area contributed by atoms with Crippen LogP contribution in [0, 0.1) is 13.8 Å². The average molecular weight is 447 g/mol. The van der Waals surface area contributed by atoms with Crippen LogP contribution in [0.4, 0.5) is 18.9 Å². The fourth-order valence-corrected chi connectivity index (χ4v) is 3.10. The molecule has 0 aliphatic carbocycles. The van der Waals surface area contributed by atoms with E-state index in [4.69, 9.17) is 11.6 Å². The van der Waals surface area contributed by atoms with Crippen molar-refractivity contribution in [3.8, 4) is 11.3 Å². The van der Waals surface area contributed by atoms with Gasteiger partial charge in [-0.25, -0.2) is 4.98 Å². The Morgan fingerprint density at radius 1 is 1.10 bits per heavy atom. The summed E-state index contributed by atoms with van der Waals surface area (Å²) in [5.41, 5.74) is 2.18. The van der Waals surface area contributed by atoms with E-state index < -0.39 is 17.6 Å². The van der Waals surface area contributed by atoms with Crippen LogP contribution in [0.2, 0.25) is 0 Å². The van der Waals surface area contributed by atoms with E-state index in [9.17, 15) is 18.0 Å². The standard InChI is InChI=1S/C22H18ClF3N4O/c1-12(23)21-14(3)28-11-19(30-21)16-6-4-15(5-7-16)8-20(31)29-17-9-18(22(24,25)26)13(2)27-10-17/h4-7,9-11H,1,8H2,2-3H3,(H,29,31). The molecule has 0 saturated heterocycles. The molecule has 2 heterocycles. The number of carbonyl (C=O) groups is 1. The smallest absolute Gasteiger partial charge is 0.324 e. The number of hydrogen-bond donors (Lipinski definition) is 1. The zero-order valence-electron chi connectivity index (χ0n) is 16.7. The van der Waals surface area contributed by atoms with Crippen molar-refractivity contribution >= 4 is 28.2 Å². The van der Waals surface area contributed by atoms with Gasteiger partial charge in [-0.05, 0) is 25.5 Å². The first-order chi connectivity index (χ1) is 14.5. The van der Waals surface area contributed by atoms with Crippen LogP contribution < -0.4 is 5.32 Å². The van der Waals surface area contributed by atoms with Gasteiger partial charge in [-0.2, -0.15) is 13.2 Å². The Bertz CT molecular complexity index is 1140. The highest BCUT2D eigenvalue weighted by Crippen LogP contribution is 2.32. The van der Waals surface area contributed by atoms with Crippen LogP contribution in [0.5, 0.6) is 0 Å². The molecule has 0 aliphatic rings. The maximum atomic E-state index is 13.0. The Morgan fingerprint density at radius 2 is 1.74 bits per heavy atom. The number of nitrogens with zero attached hydrogens (tertiary/aromatic N) is 3. The lowest BCUT2D eigenvalue weighted by atomic mass is 10.1. The van der Waals surface area contributed by atoms with Gasteiger partial charge in [0.05, 0.1) is 46.5 Å². The summed E-state index contributed by atoms with van der Waals surface area (Å²) in [5, 5.41) is 2.75. The number of rotatable bonds is 5. The number of aryl methyl sites for hydroxylation is 2. The summed E-state index contributed by atoms with van der Waals surface area (Å²) >= 11 is 5.95. The fraction of sp³-hybridized carbons (Fsp3) is 0.182. The highest BCUT2D eigenvalue weighted by atomic mass is 35.5. The van der Waals surface area contributed by atoms with E-state index in [1.165, 1.54) is 13.1 Å². The third-order valence-electron chi connectivity index (χ3n) is 4.50. The molecule has 0 bridgehead atoms. The van der Waals surface area contributed by atoms with E-state index in [0.717, 1.165) is 11.6 Å². The monoisotopic (exact) mass is 446 g/mol. The summed E-state index contributed by atoms with van der Waals surface area (Å²) in [5.74, 6) is -0.456. The molecule has 1 aromatic carbocycles. The molecule has 0 unspecified atom stereocenters. The molecule has 3 rings (SSSR count). The van der Waals surface area contributed by atoms with Crippen LogP contribution in [0.25, 0.3) is 16.3 Å². The number of anilines is 1. The molecule has 0 radical (unpaired) electrons. The maximum absolute atomic E-state index is 13.0. The van der Waals surface area contributed by atoms with Gasteiger partial charge in [0, 0.05) is 11.3 Å². The second-order valence-electron chi connectivity index (χ2n) is 6.87. The third-order valence-corrected chi connectivity index (χ3v) is 4.68. The van der Waals surface area contributed by atoms with Gasteiger partial charge in [0.25, 0.3) is 0 Å². The van der Waals surface area contributed by atoms with Gasteiger partial charge in [-0.15, -0.1) is 0 Å². The van der Waals surface area contributed by atoms with Crippen molar-refractivity contribution in [3.05, 3.63) is 77.5 Å². The van der Waals surface area contributed by atoms with Crippen molar-refractivity contribution in [1.82, 2.24) is 15.0 Å². The Kier molecular flexibility index (Phi) is 6.40. The molecule has 5 nitrogen and oxygen atoms in total. The molecule has 1 N–H and O–H groups in total. The molecule has 0 atom stereocenters. The molecule has 9 heteroatoms. The molecule has 2 aromatic heterocycles. The number of amides is 1. The topological polar surface area (TPSA) is 67.8 Å². The number of alkyl halides is 3. The van der Waals surface area contributed by atoms with Crippen LogP contribution in [0.3, 0.4) is 0 Å². The lowest BCUT2D eigenvalue weighted by molar-refractivity contribution is -0.138. The normalized spacial score (nSPS) is 11.3. The summed E-state index contributed by atoms with van der Waals surface area (Å²) in [6.07, 6.45) is -1.74. The van der Waals surface area contributed by atoms with Gasteiger partial charge in [0.2, 0.25) is 5.91 Å². The third kappa shape index (κ3) is 5.46. The molecule has 0 saturated carbocycles. The predicted octanol–water partition coefficient (Wildman–Crippen LogP) is 5.56. The minimum absolute atomic E-state index is 0.0108. The summed E-state index contributed by atoms with van der Waals surface area (Å²) in [7, 11) is 0. The van der Waals surface area contributed by atoms with Crippen molar-refractivity contribution < 1.29 is 18.0 Å². The first kappa shape index (κ1) is 22.4. The quantitative estimate of drug-likeness (QED) is 0.556. The molecule has 160 valence electrons. The Labute approximate surface area is 182 Å². The Hall–Kier alpha value is -3.26. The Morgan fingerprint density at radius 3 is 2.35 bits per heavy atom. The highest BCUT2D eigenvalue weighted by Gasteiger charge is 2.33. The van der Waals surface area contributed by atoms with E-state index in [1.807, 2.05) is 0 Å². The number of carbonyl (C=O) groups excluding carboxylic acids is 1. The van der Waals surface area contributed by atoms with Crippen molar-refractivity contribution in [2.24, 2.45) is 0 Å². The average Bonchev–Trinajstić information content (AvgIpc) is 2.69. The molecule has 0 spiro atoms. The summed E-state index contributed by atoms with van der Waals surface area (Å²) in [6.45, 7) is 6.72. The van der Waals surface area contributed by atoms with Crippen LogP contribution in [0.15, 0.2) is 49.3 Å². The number of hydrogen-bond acceptors (Lipinski definition) is 4. The Balaban J connectivity index is 1.71. The highest BCUT2D eigenvalue weighted by molar-refractivity contribution is 6.48. The van der Waals surface area contributed by atoms with E-state index >= 15 is 0 Å². The lowest BCUT2D eigenvalue weighted by Gasteiger charge is -2.12. The first-order valence-corrected chi connectivity index (χ1v) is 9.54. The van der Waals surface area contributed by atoms with Gasteiger partial charge < -0.3 is 5.32 Å². The van der Waals surface area contributed by atoms with Crippen molar-refractivity contribution in [2.45, 2.75) is 26.4 Å². The van der Waals surface area contributed by atoms with Gasteiger partial charge in [0.1, 0.15) is 5.69 Å². The number of nitrogens with one attached hydrogen (secondary N) is 1. The largest absolute Gasteiger partial charge is 0.418 e. The van der Waals surface area contributed by atoms with Gasteiger partial charge >= 0.3 is 6.18 Å². The van der Waals surface area contributed by atoms with Gasteiger partial charge in [-0.1, -0.05) is 42.4 Å². The van der Waals surface area contributed by atoms with Crippen LogP contribution in [-0.2, 0) is 17.4 Å². The second-order valence-corrected chi connectivity index (χ2v) is 7.33. The minimum atomic E-state index is -4.54. The number of aromatic nitrogens is 3. The molecule has 0 aliphatic heterocycles. The molecule has 1 amide bonds. The summed E-state index contributed by atoms with van der Waals surface area (Å²) < 4.78 is 39.0. The number of pyridine rings is 1. The van der Waals surface area contributed by atoms with Gasteiger partial charge in [-0.3, -0.25) is 14.8 Å². The van der Waals surface area contributed by atoms with Crippen molar-refractivity contribution in [1.29, 1.82) is 0 Å². The number of halogens is 4. The van der Waals surface area contributed by atoms with E-state index in [-0.39, 0.29) is 17.8 Å². The molecule has 31 heavy (non-hydrogen) atoms. The van der Waals surface area contributed by atoms with Crippen molar-refractivity contribution in [3.63, 3.8) is 0 Å². The summed E-state index contributed by atoms with van der Waals surface area (Å²) in [4.78, 5) is 24.7. The van der Waals surface area contributed by atoms with E-state index in [0.29, 0.717) is 27.7 Å². The van der Waals surface area contributed by atoms with E-state index in [1.54, 1.807) is 37.4 Å². The molecular weight excluding hydrogens is 429 g/mol. The van der Waals surface area contributed by atoms with Crippen LogP contribution in [-0.4, -0.2) is 20.9 Å². The van der Waals surface area contributed by atoms with Crippen LogP contribution >= 0.6 is 11.6 Å². The fourth-order valence-electron chi connectivity index (χ4n) is 2.92. The molecular formula is C22H18ClF3N4O. The minimum Gasteiger partial charge on any atom is -0.324 e. The maximum Gasteiger partial charge on any atom is 0.418 e. The second kappa shape index (κ2) is 8.85. The van der Waals surface area contributed by atoms with Crippen LogP contribution in [0.1, 0.15) is 28.2 Å². The van der Waals surface area contributed by atoms with Crippen molar-refractivity contribution in [2.75, 3.05) is 5.32 Å². The first-order valence-electron chi connectivity index (χ1n) is 9.16. The number of benzene rings is 1. The summed E-state index contributed by atoms with van der Waals surface area (Å²) in [6, 6.07) is 7.90. The zero-order chi connectivity index (χ0) is 22.8. The van der Waals surface area contributed by atoms with E-state index in [2.05, 4.69) is 26.8 Å². The predicted molar refractivity (Wildman–Crippen MR) is 113 cm³/mol. The molecule has 3 aromatic rings. The SMILES string of the molecule is C=C(Cl)c1nc(-c2ccc(CC(=O)Nc3cnc(C)c(C(F)(F)F)c3)cc2)cnc1C. The van der Waals surface area contributed by atoms with Gasteiger partial charge in [0.15, 0.2) is 0 Å².